The Labute approximate surface area is 202 Å². The molecule has 5 nitrogen and oxygen atoms in total. The molecule has 0 atom stereocenters. The van der Waals surface area contributed by atoms with E-state index in [0.29, 0.717) is 28.7 Å². The van der Waals surface area contributed by atoms with E-state index >= 15 is 0 Å². The van der Waals surface area contributed by atoms with Crippen molar-refractivity contribution in [2.24, 2.45) is 5.10 Å². The quantitative estimate of drug-likeness (QED) is 0.262. The first kappa shape index (κ1) is 23.3. The minimum atomic E-state index is -0.356. The number of nitrogens with zero attached hydrogens (tertiary/aromatic N) is 1. The second kappa shape index (κ2) is 10.8. The number of hydrazone groups is 1. The Bertz CT molecular complexity index is 1110. The number of aryl methyl sites for hydroxylation is 1. The van der Waals surface area contributed by atoms with E-state index in [2.05, 4.69) is 42.4 Å². The average molecular weight is 567 g/mol. The van der Waals surface area contributed by atoms with Crippen LogP contribution in [0.25, 0.3) is 0 Å². The summed E-state index contributed by atoms with van der Waals surface area (Å²) in [5.74, 6) is 0.787. The van der Waals surface area contributed by atoms with Crippen molar-refractivity contribution < 1.29 is 14.3 Å². The lowest BCUT2D eigenvalue weighted by atomic mass is 10.1. The summed E-state index contributed by atoms with van der Waals surface area (Å²) >= 11 is 13.2. The van der Waals surface area contributed by atoms with Crippen molar-refractivity contribution in [2.45, 2.75) is 13.5 Å². The van der Waals surface area contributed by atoms with Crippen molar-refractivity contribution in [3.05, 3.63) is 90.8 Å². The van der Waals surface area contributed by atoms with Crippen LogP contribution < -0.4 is 14.9 Å². The number of hydrogen-bond donors (Lipinski definition) is 1. The van der Waals surface area contributed by atoms with Gasteiger partial charge in [-0.1, -0.05) is 35.9 Å². The predicted octanol–water partition coefficient (Wildman–Crippen LogP) is 6.52. The lowest BCUT2D eigenvalue weighted by molar-refractivity contribution is 0.0952. The zero-order chi connectivity index (χ0) is 22.4. The van der Waals surface area contributed by atoms with E-state index in [1.807, 2.05) is 49.4 Å². The summed E-state index contributed by atoms with van der Waals surface area (Å²) in [5.41, 5.74) is 5.59. The molecular weight excluding hydrogens is 548 g/mol. The van der Waals surface area contributed by atoms with Crippen molar-refractivity contribution in [3.8, 4) is 11.5 Å². The SMILES string of the molecule is COc1cc(C)ccc1C(=O)N/N=C\c1cc(Br)c(OCc2ccccc2Cl)c(Br)c1. The normalized spacial score (nSPS) is 10.9. The third kappa shape index (κ3) is 6.09. The third-order valence-electron chi connectivity index (χ3n) is 4.33. The molecule has 160 valence electrons. The second-order valence-electron chi connectivity index (χ2n) is 6.60. The molecule has 0 aromatic heterocycles. The minimum absolute atomic E-state index is 0.332. The van der Waals surface area contributed by atoms with E-state index in [-0.39, 0.29) is 5.91 Å². The monoisotopic (exact) mass is 564 g/mol. The maximum Gasteiger partial charge on any atom is 0.275 e. The molecule has 1 N–H and O–H groups in total. The Hall–Kier alpha value is -2.35. The van der Waals surface area contributed by atoms with Gasteiger partial charge in [-0.3, -0.25) is 4.79 Å². The summed E-state index contributed by atoms with van der Waals surface area (Å²) in [6.45, 7) is 2.26. The Kier molecular flexibility index (Phi) is 8.12. The fraction of sp³-hybridized carbons (Fsp3) is 0.130. The molecule has 3 rings (SSSR count). The van der Waals surface area contributed by atoms with Gasteiger partial charge in [-0.05, 0) is 80.2 Å². The number of ether oxygens (including phenoxy) is 2. The average Bonchev–Trinajstić information content (AvgIpc) is 2.74. The van der Waals surface area contributed by atoms with E-state index in [4.69, 9.17) is 21.1 Å². The highest BCUT2D eigenvalue weighted by molar-refractivity contribution is 9.11. The van der Waals surface area contributed by atoms with E-state index in [9.17, 15) is 4.79 Å². The highest BCUT2D eigenvalue weighted by Crippen LogP contribution is 2.35. The Balaban J connectivity index is 1.68. The number of rotatable bonds is 7. The number of methoxy groups -OCH3 is 1. The highest BCUT2D eigenvalue weighted by atomic mass is 79.9. The Morgan fingerprint density at radius 3 is 2.52 bits per heavy atom. The summed E-state index contributed by atoms with van der Waals surface area (Å²) in [4.78, 5) is 12.4. The van der Waals surface area contributed by atoms with Gasteiger partial charge in [0.05, 0.1) is 27.8 Å². The number of benzene rings is 3. The minimum Gasteiger partial charge on any atom is -0.496 e. The van der Waals surface area contributed by atoms with E-state index < -0.39 is 0 Å². The smallest absolute Gasteiger partial charge is 0.275 e. The Morgan fingerprint density at radius 1 is 1.13 bits per heavy atom. The summed E-state index contributed by atoms with van der Waals surface area (Å²) in [5, 5.41) is 4.71. The molecule has 0 aliphatic heterocycles. The molecule has 0 saturated heterocycles. The third-order valence-corrected chi connectivity index (χ3v) is 5.88. The van der Waals surface area contributed by atoms with E-state index in [1.54, 1.807) is 18.3 Å². The first-order valence-corrected chi connectivity index (χ1v) is 11.2. The van der Waals surface area contributed by atoms with Crippen LogP contribution in [-0.2, 0) is 6.61 Å². The molecule has 0 heterocycles. The van der Waals surface area contributed by atoms with Crippen LogP contribution in [-0.4, -0.2) is 19.2 Å². The van der Waals surface area contributed by atoms with Gasteiger partial charge in [-0.15, -0.1) is 0 Å². The van der Waals surface area contributed by atoms with Crippen molar-refractivity contribution in [1.29, 1.82) is 0 Å². The molecule has 0 aliphatic rings. The van der Waals surface area contributed by atoms with Gasteiger partial charge in [0.1, 0.15) is 18.1 Å². The van der Waals surface area contributed by atoms with Crippen molar-refractivity contribution >= 4 is 55.6 Å². The van der Waals surface area contributed by atoms with E-state index in [1.165, 1.54) is 7.11 Å². The van der Waals surface area contributed by atoms with Crippen LogP contribution >= 0.6 is 43.5 Å². The second-order valence-corrected chi connectivity index (χ2v) is 8.71. The molecule has 8 heteroatoms. The van der Waals surface area contributed by atoms with Crippen LogP contribution in [0.3, 0.4) is 0 Å². The molecule has 1 amide bonds. The summed E-state index contributed by atoms with van der Waals surface area (Å²) in [6.07, 6.45) is 1.55. The van der Waals surface area contributed by atoms with Gasteiger partial charge in [-0.25, -0.2) is 5.43 Å². The van der Waals surface area contributed by atoms with Gasteiger partial charge >= 0.3 is 0 Å². The number of carbonyl (C=O) groups excluding carboxylic acids is 1. The zero-order valence-electron chi connectivity index (χ0n) is 16.8. The fourth-order valence-electron chi connectivity index (χ4n) is 2.77. The number of nitrogens with one attached hydrogen (secondary N) is 1. The van der Waals surface area contributed by atoms with Crippen LogP contribution in [0, 0.1) is 6.92 Å². The van der Waals surface area contributed by atoms with E-state index in [0.717, 1.165) is 25.6 Å². The van der Waals surface area contributed by atoms with Crippen LogP contribution in [0.4, 0.5) is 0 Å². The summed E-state index contributed by atoms with van der Waals surface area (Å²) in [6, 6.07) is 16.6. The number of amides is 1. The molecule has 3 aromatic carbocycles. The van der Waals surface area contributed by atoms with Crippen molar-refractivity contribution in [2.75, 3.05) is 7.11 Å². The highest BCUT2D eigenvalue weighted by Gasteiger charge is 2.12. The molecular formula is C23H19Br2ClN2O3. The topological polar surface area (TPSA) is 59.9 Å². The maximum absolute atomic E-state index is 12.4. The number of carbonyl (C=O) groups is 1. The lowest BCUT2D eigenvalue weighted by Crippen LogP contribution is -2.18. The standard InChI is InChI=1S/C23H19Br2ClN2O3/c1-14-7-8-17(21(9-14)30-2)23(29)28-27-12-15-10-18(24)22(19(25)11-15)31-13-16-5-3-4-6-20(16)26/h3-12H,13H2,1-2H3,(H,28,29)/b27-12-. The molecule has 0 bridgehead atoms. The van der Waals surface area contributed by atoms with Crippen LogP contribution in [0.5, 0.6) is 11.5 Å². The first-order chi connectivity index (χ1) is 14.9. The largest absolute Gasteiger partial charge is 0.496 e. The summed E-state index contributed by atoms with van der Waals surface area (Å²) < 4.78 is 12.7. The molecule has 0 aliphatic carbocycles. The molecule has 31 heavy (non-hydrogen) atoms. The van der Waals surface area contributed by atoms with Gasteiger partial charge in [0.25, 0.3) is 5.91 Å². The number of hydrogen-bond acceptors (Lipinski definition) is 4. The van der Waals surface area contributed by atoms with Gasteiger partial charge in [0, 0.05) is 10.6 Å². The van der Waals surface area contributed by atoms with Gasteiger partial charge < -0.3 is 9.47 Å². The molecule has 0 fully saturated rings. The number of halogens is 3. The fourth-order valence-corrected chi connectivity index (χ4v) is 4.41. The Morgan fingerprint density at radius 2 is 1.84 bits per heavy atom. The van der Waals surface area contributed by atoms with Gasteiger partial charge in [-0.2, -0.15) is 5.10 Å². The predicted molar refractivity (Wildman–Crippen MR) is 130 cm³/mol. The zero-order valence-corrected chi connectivity index (χ0v) is 20.7. The van der Waals surface area contributed by atoms with Crippen LogP contribution in [0.15, 0.2) is 68.6 Å². The van der Waals surface area contributed by atoms with Crippen molar-refractivity contribution in [3.63, 3.8) is 0 Å². The van der Waals surface area contributed by atoms with Gasteiger partial charge in [0.15, 0.2) is 0 Å². The molecule has 0 radical (unpaired) electrons. The van der Waals surface area contributed by atoms with Crippen LogP contribution in [0.1, 0.15) is 27.0 Å². The van der Waals surface area contributed by atoms with Gasteiger partial charge in [0.2, 0.25) is 0 Å². The van der Waals surface area contributed by atoms with Crippen LogP contribution in [0.2, 0.25) is 5.02 Å². The van der Waals surface area contributed by atoms with Crippen molar-refractivity contribution in [1.82, 2.24) is 5.43 Å². The lowest BCUT2D eigenvalue weighted by Gasteiger charge is -2.12. The maximum atomic E-state index is 12.4. The summed E-state index contributed by atoms with van der Waals surface area (Å²) in [7, 11) is 1.53. The first-order valence-electron chi connectivity index (χ1n) is 9.22. The molecule has 0 saturated carbocycles. The molecule has 3 aromatic rings. The molecule has 0 unspecified atom stereocenters. The molecule has 0 spiro atoms.